The number of nitrogens with zero attached hydrogens (tertiary/aromatic N) is 2. The largest absolute Gasteiger partial charge is 0.349 e. The van der Waals surface area contributed by atoms with Crippen LogP contribution >= 0.6 is 11.8 Å². The Hall–Kier alpha value is -2.60. The van der Waals surface area contributed by atoms with Gasteiger partial charge in [0.25, 0.3) is 5.56 Å². The molecule has 0 saturated carbocycles. The maximum absolute atomic E-state index is 12.8. The van der Waals surface area contributed by atoms with Crippen molar-refractivity contribution in [3.05, 3.63) is 70.0 Å². The van der Waals surface area contributed by atoms with Crippen LogP contribution < -0.4 is 10.9 Å². The van der Waals surface area contributed by atoms with Crippen molar-refractivity contribution >= 4 is 28.6 Å². The summed E-state index contributed by atoms with van der Waals surface area (Å²) in [6.45, 7) is 6.70. The Kier molecular flexibility index (Phi) is 7.09. The van der Waals surface area contributed by atoms with E-state index in [4.69, 9.17) is 0 Å². The van der Waals surface area contributed by atoms with E-state index < -0.39 is 0 Å². The van der Waals surface area contributed by atoms with Crippen LogP contribution in [0.5, 0.6) is 0 Å². The topological polar surface area (TPSA) is 64.0 Å². The van der Waals surface area contributed by atoms with E-state index in [-0.39, 0.29) is 23.3 Å². The smallest absolute Gasteiger partial charge is 0.262 e. The van der Waals surface area contributed by atoms with Gasteiger partial charge in [-0.2, -0.15) is 0 Å². The number of aryl methyl sites for hydroxylation is 1. The predicted molar refractivity (Wildman–Crippen MR) is 119 cm³/mol. The summed E-state index contributed by atoms with van der Waals surface area (Å²) in [6, 6.07) is 15.6. The summed E-state index contributed by atoms with van der Waals surface area (Å²) in [5, 5.41) is 4.23. The molecule has 0 aliphatic carbocycles. The zero-order chi connectivity index (χ0) is 20.8. The first-order chi connectivity index (χ1) is 14.0. The molecule has 6 heteroatoms. The van der Waals surface area contributed by atoms with Crippen LogP contribution in [0.1, 0.15) is 44.4 Å². The molecule has 152 valence electrons. The molecule has 1 N–H and O–H groups in total. The number of hydrogen-bond acceptors (Lipinski definition) is 4. The van der Waals surface area contributed by atoms with Crippen molar-refractivity contribution in [1.82, 2.24) is 14.9 Å². The zero-order valence-corrected chi connectivity index (χ0v) is 18.0. The Balaban J connectivity index is 1.71. The number of fused-ring (bicyclic) bond motifs is 1. The molecule has 2 aromatic carbocycles. The number of amides is 1. The summed E-state index contributed by atoms with van der Waals surface area (Å²) in [5.74, 6) is 0.138. The molecule has 0 radical (unpaired) electrons. The second-order valence-electron chi connectivity index (χ2n) is 7.04. The van der Waals surface area contributed by atoms with Gasteiger partial charge in [-0.05, 0) is 43.0 Å². The van der Waals surface area contributed by atoms with Crippen molar-refractivity contribution in [2.24, 2.45) is 0 Å². The average molecular weight is 410 g/mol. The lowest BCUT2D eigenvalue weighted by Crippen LogP contribution is -2.29. The van der Waals surface area contributed by atoms with Gasteiger partial charge in [0.15, 0.2) is 5.16 Å². The number of benzene rings is 2. The molecule has 3 rings (SSSR count). The molecule has 0 spiro atoms. The van der Waals surface area contributed by atoms with Gasteiger partial charge in [-0.25, -0.2) is 4.98 Å². The highest BCUT2D eigenvalue weighted by molar-refractivity contribution is 7.99. The van der Waals surface area contributed by atoms with E-state index >= 15 is 0 Å². The molecule has 5 nitrogen and oxygen atoms in total. The highest BCUT2D eigenvalue weighted by Crippen LogP contribution is 2.19. The molecule has 29 heavy (non-hydrogen) atoms. The number of para-hydroxylation sites is 1. The number of aromatic nitrogens is 2. The summed E-state index contributed by atoms with van der Waals surface area (Å²) in [4.78, 5) is 29.9. The molecular formula is C23H27N3O2S. The zero-order valence-electron chi connectivity index (χ0n) is 17.1. The lowest BCUT2D eigenvalue weighted by molar-refractivity contribution is -0.119. The Morgan fingerprint density at radius 2 is 1.86 bits per heavy atom. The van der Waals surface area contributed by atoms with E-state index in [1.807, 2.05) is 32.0 Å². The van der Waals surface area contributed by atoms with Crippen LogP contribution in [0.4, 0.5) is 0 Å². The Bertz CT molecular complexity index is 1040. The van der Waals surface area contributed by atoms with Gasteiger partial charge in [-0.15, -0.1) is 0 Å². The van der Waals surface area contributed by atoms with Gasteiger partial charge in [-0.3, -0.25) is 14.2 Å². The second-order valence-corrected chi connectivity index (χ2v) is 7.98. The van der Waals surface area contributed by atoms with Gasteiger partial charge in [0.05, 0.1) is 22.7 Å². The van der Waals surface area contributed by atoms with Crippen LogP contribution in [-0.4, -0.2) is 21.2 Å². The minimum Gasteiger partial charge on any atom is -0.349 e. The Labute approximate surface area is 175 Å². The van der Waals surface area contributed by atoms with Crippen LogP contribution in [0.2, 0.25) is 0 Å². The third kappa shape index (κ3) is 5.07. The summed E-state index contributed by atoms with van der Waals surface area (Å²) >= 11 is 1.31. The molecule has 0 aliphatic heterocycles. The first-order valence-electron chi connectivity index (χ1n) is 10.0. The number of nitrogens with one attached hydrogen (secondary N) is 1. The second kappa shape index (κ2) is 9.74. The average Bonchev–Trinajstić information content (AvgIpc) is 2.74. The van der Waals surface area contributed by atoms with Gasteiger partial charge in [0, 0.05) is 6.54 Å². The molecule has 1 atom stereocenters. The molecule has 0 fully saturated rings. The lowest BCUT2D eigenvalue weighted by atomic mass is 10.1. The van der Waals surface area contributed by atoms with Gasteiger partial charge >= 0.3 is 0 Å². The molecule has 1 amide bonds. The van der Waals surface area contributed by atoms with Gasteiger partial charge < -0.3 is 5.32 Å². The maximum atomic E-state index is 12.8. The van der Waals surface area contributed by atoms with Crippen molar-refractivity contribution in [3.8, 4) is 0 Å². The molecule has 1 aromatic heterocycles. The normalized spacial score (nSPS) is 12.1. The van der Waals surface area contributed by atoms with E-state index in [0.29, 0.717) is 22.6 Å². The number of hydrogen-bond donors (Lipinski definition) is 1. The van der Waals surface area contributed by atoms with Crippen molar-refractivity contribution in [1.29, 1.82) is 0 Å². The summed E-state index contributed by atoms with van der Waals surface area (Å²) < 4.78 is 1.67. The lowest BCUT2D eigenvalue weighted by Gasteiger charge is -2.16. The highest BCUT2D eigenvalue weighted by atomic mass is 32.2. The van der Waals surface area contributed by atoms with Gasteiger partial charge in [-0.1, -0.05) is 62.0 Å². The molecular weight excluding hydrogens is 382 g/mol. The number of rotatable bonds is 8. The predicted octanol–water partition coefficient (Wildman–Crippen LogP) is 4.34. The molecule has 3 aromatic rings. The van der Waals surface area contributed by atoms with Crippen molar-refractivity contribution in [3.63, 3.8) is 0 Å². The highest BCUT2D eigenvalue weighted by Gasteiger charge is 2.14. The first-order valence-corrected chi connectivity index (χ1v) is 11.0. The molecule has 0 saturated heterocycles. The standard InChI is InChI=1S/C23H27N3O2S/c1-4-14-26-22(28)19-8-6-7-9-20(19)25-23(26)29-15-21(27)24-16(3)18-12-10-17(5-2)11-13-18/h6-13,16H,4-5,14-15H2,1-3H3,(H,24,27)/t16-/m0/s1. The van der Waals surface area contributed by atoms with E-state index in [9.17, 15) is 9.59 Å². The van der Waals surface area contributed by atoms with Gasteiger partial charge in [0.1, 0.15) is 0 Å². The van der Waals surface area contributed by atoms with Crippen molar-refractivity contribution in [2.45, 2.75) is 51.4 Å². The molecule has 0 unspecified atom stereocenters. The van der Waals surface area contributed by atoms with E-state index in [1.54, 1.807) is 10.6 Å². The molecule has 0 aliphatic rings. The fourth-order valence-electron chi connectivity index (χ4n) is 3.22. The van der Waals surface area contributed by atoms with Crippen molar-refractivity contribution < 1.29 is 4.79 Å². The minimum absolute atomic E-state index is 0.0512. The summed E-state index contributed by atoms with van der Waals surface area (Å²) in [5.41, 5.74) is 2.97. The Morgan fingerprint density at radius 1 is 1.14 bits per heavy atom. The quantitative estimate of drug-likeness (QED) is 0.444. The number of carbonyl (C=O) groups excluding carboxylic acids is 1. The summed E-state index contributed by atoms with van der Waals surface area (Å²) in [7, 11) is 0. The fraction of sp³-hybridized carbons (Fsp3) is 0.348. The number of carbonyl (C=O) groups is 1. The monoisotopic (exact) mass is 409 g/mol. The van der Waals surface area contributed by atoms with Crippen LogP contribution in [0.25, 0.3) is 10.9 Å². The maximum Gasteiger partial charge on any atom is 0.262 e. The molecule has 1 heterocycles. The third-order valence-corrected chi connectivity index (χ3v) is 5.85. The van der Waals surface area contributed by atoms with Crippen LogP contribution in [0.15, 0.2) is 58.5 Å². The minimum atomic E-state index is -0.0764. The van der Waals surface area contributed by atoms with Crippen LogP contribution in [0, 0.1) is 0 Å². The fourth-order valence-corrected chi connectivity index (χ4v) is 4.05. The third-order valence-electron chi connectivity index (χ3n) is 4.87. The van der Waals surface area contributed by atoms with Crippen LogP contribution in [-0.2, 0) is 17.8 Å². The van der Waals surface area contributed by atoms with Crippen molar-refractivity contribution in [2.75, 3.05) is 5.75 Å². The van der Waals surface area contributed by atoms with E-state index in [0.717, 1.165) is 18.4 Å². The summed E-state index contributed by atoms with van der Waals surface area (Å²) in [6.07, 6.45) is 1.82. The SMILES string of the molecule is CCCn1c(SCC(=O)N[C@@H](C)c2ccc(CC)cc2)nc2ccccc2c1=O. The van der Waals surface area contributed by atoms with Crippen LogP contribution in [0.3, 0.4) is 0 Å². The van der Waals surface area contributed by atoms with E-state index in [2.05, 4.69) is 41.5 Å². The Morgan fingerprint density at radius 3 is 2.55 bits per heavy atom. The van der Waals surface area contributed by atoms with Gasteiger partial charge in [0.2, 0.25) is 5.91 Å². The number of thioether (sulfide) groups is 1. The molecule has 0 bridgehead atoms. The van der Waals surface area contributed by atoms with E-state index in [1.165, 1.54) is 17.3 Å². The first kappa shape index (κ1) is 21.1.